The summed E-state index contributed by atoms with van der Waals surface area (Å²) in [7, 11) is 0. The average Bonchev–Trinajstić information content (AvgIpc) is 3.35. The topological polar surface area (TPSA) is 20.3 Å². The molecule has 1 fully saturated rings. The molecule has 22 heavy (non-hydrogen) atoms. The number of carbonyl (C=O) groups excluding carboxylic acids is 1. The number of para-hydroxylation sites is 1. The fourth-order valence-corrected chi connectivity index (χ4v) is 3.73. The van der Waals surface area contributed by atoms with Crippen LogP contribution < -0.4 is 4.90 Å². The molecule has 1 heterocycles. The van der Waals surface area contributed by atoms with Gasteiger partial charge in [0.1, 0.15) is 0 Å². The van der Waals surface area contributed by atoms with E-state index in [1.54, 1.807) is 0 Å². The predicted octanol–water partition coefficient (Wildman–Crippen LogP) is 4.35. The number of hydrogen-bond acceptors (Lipinski definition) is 1. The predicted molar refractivity (Wildman–Crippen MR) is 89.5 cm³/mol. The van der Waals surface area contributed by atoms with Gasteiger partial charge >= 0.3 is 0 Å². The Kier molecular flexibility index (Phi) is 3.23. The van der Waals surface area contributed by atoms with Crippen LogP contribution >= 0.6 is 11.6 Å². The molecule has 0 aromatic heterocycles. The van der Waals surface area contributed by atoms with Gasteiger partial charge in [-0.15, -0.1) is 0 Å². The molecule has 0 N–H and O–H groups in total. The van der Waals surface area contributed by atoms with Gasteiger partial charge in [-0.3, -0.25) is 4.79 Å². The maximum atomic E-state index is 13.2. The second-order valence-electron chi connectivity index (χ2n) is 6.28. The van der Waals surface area contributed by atoms with E-state index in [2.05, 4.69) is 18.2 Å². The molecular weight excluding hydrogens is 294 g/mol. The molecule has 1 saturated carbocycles. The molecule has 0 bridgehead atoms. The number of benzene rings is 2. The Morgan fingerprint density at radius 3 is 2.68 bits per heavy atom. The highest BCUT2D eigenvalue weighted by molar-refractivity contribution is 6.30. The maximum absolute atomic E-state index is 13.2. The van der Waals surface area contributed by atoms with Crippen molar-refractivity contribution >= 4 is 23.2 Å². The van der Waals surface area contributed by atoms with Crippen LogP contribution in [-0.2, 0) is 16.6 Å². The van der Waals surface area contributed by atoms with Gasteiger partial charge in [0, 0.05) is 17.3 Å². The van der Waals surface area contributed by atoms with Crippen molar-refractivity contribution in [3.63, 3.8) is 0 Å². The fraction of sp³-hybridized carbons (Fsp3) is 0.316. The normalized spacial score (nSPS) is 18.7. The summed E-state index contributed by atoms with van der Waals surface area (Å²) in [5.41, 5.74) is 3.08. The standard InChI is InChI=1S/C19H18ClNO/c20-16-8-3-7-15(13-16)19(10-11-19)18(22)21-12-4-6-14-5-1-2-9-17(14)21/h1-3,5,7-9,13H,4,6,10-12H2. The summed E-state index contributed by atoms with van der Waals surface area (Å²) in [6.45, 7) is 0.818. The number of anilines is 1. The molecule has 2 aromatic rings. The zero-order valence-corrected chi connectivity index (χ0v) is 13.1. The number of nitrogens with zero attached hydrogens (tertiary/aromatic N) is 1. The third-order valence-electron chi connectivity index (χ3n) is 4.89. The molecule has 112 valence electrons. The molecule has 0 atom stereocenters. The summed E-state index contributed by atoms with van der Waals surface area (Å²) in [5, 5.41) is 0.704. The fourth-order valence-electron chi connectivity index (χ4n) is 3.54. The first-order valence-electron chi connectivity index (χ1n) is 7.87. The van der Waals surface area contributed by atoms with E-state index in [0.29, 0.717) is 5.02 Å². The molecule has 1 aliphatic heterocycles. The third-order valence-corrected chi connectivity index (χ3v) is 5.13. The van der Waals surface area contributed by atoms with E-state index in [4.69, 9.17) is 11.6 Å². The van der Waals surface area contributed by atoms with Gasteiger partial charge in [0.05, 0.1) is 5.41 Å². The molecule has 0 spiro atoms. The van der Waals surface area contributed by atoms with Crippen molar-refractivity contribution in [2.75, 3.05) is 11.4 Å². The number of aryl methyl sites for hydroxylation is 1. The lowest BCUT2D eigenvalue weighted by molar-refractivity contribution is -0.121. The van der Waals surface area contributed by atoms with Gasteiger partial charge in [-0.25, -0.2) is 0 Å². The highest BCUT2D eigenvalue weighted by Crippen LogP contribution is 2.51. The second kappa shape index (κ2) is 5.13. The Bertz CT molecular complexity index is 736. The number of halogens is 1. The molecule has 1 amide bonds. The van der Waals surface area contributed by atoms with Crippen LogP contribution in [0.3, 0.4) is 0 Å². The van der Waals surface area contributed by atoms with E-state index in [1.165, 1.54) is 5.56 Å². The Morgan fingerprint density at radius 1 is 1.09 bits per heavy atom. The first-order chi connectivity index (χ1) is 10.7. The smallest absolute Gasteiger partial charge is 0.237 e. The van der Waals surface area contributed by atoms with Crippen LogP contribution in [0.15, 0.2) is 48.5 Å². The van der Waals surface area contributed by atoms with E-state index in [-0.39, 0.29) is 11.3 Å². The van der Waals surface area contributed by atoms with Crippen LogP contribution in [0.5, 0.6) is 0 Å². The lowest BCUT2D eigenvalue weighted by atomic mass is 9.92. The largest absolute Gasteiger partial charge is 0.311 e. The molecule has 3 heteroatoms. The number of hydrogen-bond donors (Lipinski definition) is 0. The molecule has 4 rings (SSSR count). The number of fused-ring (bicyclic) bond motifs is 1. The number of amides is 1. The molecule has 2 aromatic carbocycles. The van der Waals surface area contributed by atoms with Gasteiger partial charge in [-0.1, -0.05) is 41.9 Å². The van der Waals surface area contributed by atoms with Gasteiger partial charge in [0.2, 0.25) is 5.91 Å². The summed E-state index contributed by atoms with van der Waals surface area (Å²) in [6.07, 6.45) is 3.94. The maximum Gasteiger partial charge on any atom is 0.237 e. The molecule has 0 radical (unpaired) electrons. The van der Waals surface area contributed by atoms with E-state index < -0.39 is 0 Å². The molecule has 1 aliphatic carbocycles. The molecule has 2 nitrogen and oxygen atoms in total. The van der Waals surface area contributed by atoms with Crippen LogP contribution in [0.4, 0.5) is 5.69 Å². The Balaban J connectivity index is 1.71. The zero-order chi connectivity index (χ0) is 15.2. The van der Waals surface area contributed by atoms with Crippen LogP contribution in [0.25, 0.3) is 0 Å². The summed E-state index contributed by atoms with van der Waals surface area (Å²) < 4.78 is 0. The van der Waals surface area contributed by atoms with Crippen LogP contribution in [-0.4, -0.2) is 12.5 Å². The lowest BCUT2D eigenvalue weighted by Gasteiger charge is -2.32. The third kappa shape index (κ3) is 2.14. The van der Waals surface area contributed by atoms with Crippen molar-refractivity contribution in [3.8, 4) is 0 Å². The Hall–Kier alpha value is -1.80. The molecule has 0 saturated heterocycles. The van der Waals surface area contributed by atoms with E-state index in [9.17, 15) is 4.79 Å². The number of rotatable bonds is 2. The van der Waals surface area contributed by atoms with Crippen molar-refractivity contribution in [1.82, 2.24) is 0 Å². The highest BCUT2D eigenvalue weighted by atomic mass is 35.5. The monoisotopic (exact) mass is 311 g/mol. The van der Waals surface area contributed by atoms with Gasteiger partial charge in [0.25, 0.3) is 0 Å². The van der Waals surface area contributed by atoms with E-state index in [0.717, 1.165) is 43.5 Å². The zero-order valence-electron chi connectivity index (χ0n) is 12.4. The average molecular weight is 312 g/mol. The first-order valence-corrected chi connectivity index (χ1v) is 8.24. The van der Waals surface area contributed by atoms with Crippen molar-refractivity contribution < 1.29 is 4.79 Å². The summed E-state index contributed by atoms with van der Waals surface area (Å²) in [6, 6.07) is 16.1. The first kappa shape index (κ1) is 13.8. The molecule has 0 unspecified atom stereocenters. The number of carbonyl (C=O) groups is 1. The van der Waals surface area contributed by atoms with Crippen LogP contribution in [0.2, 0.25) is 5.02 Å². The minimum Gasteiger partial charge on any atom is -0.311 e. The van der Waals surface area contributed by atoms with Crippen molar-refractivity contribution in [2.45, 2.75) is 31.1 Å². The van der Waals surface area contributed by atoms with Gasteiger partial charge < -0.3 is 4.90 Å². The van der Waals surface area contributed by atoms with Gasteiger partial charge in [0.15, 0.2) is 0 Å². The van der Waals surface area contributed by atoms with E-state index in [1.807, 2.05) is 35.2 Å². The Morgan fingerprint density at radius 2 is 1.91 bits per heavy atom. The minimum atomic E-state index is -0.352. The Labute approximate surface area is 135 Å². The highest BCUT2D eigenvalue weighted by Gasteiger charge is 2.53. The van der Waals surface area contributed by atoms with Gasteiger partial charge in [-0.05, 0) is 55.0 Å². The molecule has 2 aliphatic rings. The summed E-state index contributed by atoms with van der Waals surface area (Å²) in [5.74, 6) is 0.238. The van der Waals surface area contributed by atoms with Crippen molar-refractivity contribution in [1.29, 1.82) is 0 Å². The SMILES string of the molecule is O=C(N1CCCc2ccccc21)C1(c2cccc(Cl)c2)CC1. The lowest BCUT2D eigenvalue weighted by Crippen LogP contribution is -2.42. The van der Waals surface area contributed by atoms with Crippen LogP contribution in [0, 0.1) is 0 Å². The minimum absolute atomic E-state index is 0.238. The van der Waals surface area contributed by atoms with Crippen molar-refractivity contribution in [3.05, 3.63) is 64.7 Å². The molecular formula is C19H18ClNO. The quantitative estimate of drug-likeness (QED) is 0.807. The summed E-state index contributed by atoms with van der Waals surface area (Å²) >= 11 is 6.13. The van der Waals surface area contributed by atoms with E-state index >= 15 is 0 Å². The summed E-state index contributed by atoms with van der Waals surface area (Å²) in [4.78, 5) is 15.2. The van der Waals surface area contributed by atoms with Crippen LogP contribution in [0.1, 0.15) is 30.4 Å². The van der Waals surface area contributed by atoms with Gasteiger partial charge in [-0.2, -0.15) is 0 Å². The second-order valence-corrected chi connectivity index (χ2v) is 6.72. The van der Waals surface area contributed by atoms with Crippen molar-refractivity contribution in [2.24, 2.45) is 0 Å².